The molecule has 16 radical (unpaired) electrons. The molecule has 5 heterocycles. The summed E-state index contributed by atoms with van der Waals surface area (Å²) in [5.74, 6) is -0.634. The van der Waals surface area contributed by atoms with Crippen LogP contribution in [0.2, 0.25) is 0 Å². The molecule has 2 aliphatic heterocycles. The third-order valence-corrected chi connectivity index (χ3v) is 27.6. The SMILES string of the molecule is [B]c1c([B])c([B])c2c(c1[B])c1c([B])c([B])c([B])c([B])c1n2-c1ccc2c(c1)C(c1c(-c3ccccc3)cc(-c3ccc(C(C)(C)C)cc3)cc1-c1ccccc1)c1cc(-c3ccc4c(c3)c3ccccc3n4-c3ccccc3)cc3c1B2c1ccc(-c2ccc4oc5ccccc5c4c2)cc1N3c1c(-c2ccccc2)cc(-c2ccc(C(C)(C)C)cc2)cc1-c1ccccc1. The van der Waals surface area contributed by atoms with Gasteiger partial charge in [-0.2, -0.15) is 0 Å². The lowest BCUT2D eigenvalue weighted by Gasteiger charge is -2.45. The Labute approximate surface area is 769 Å². The number of rotatable bonds is 12. The minimum Gasteiger partial charge on any atom is -0.456 e. The number of hydrogen-bond donors (Lipinski definition) is 0. The van der Waals surface area contributed by atoms with Crippen LogP contribution in [-0.4, -0.2) is 78.6 Å². The van der Waals surface area contributed by atoms with Gasteiger partial charge in [-0.3, -0.25) is 0 Å². The van der Waals surface area contributed by atoms with Gasteiger partial charge in [0.1, 0.15) is 73.9 Å². The van der Waals surface area contributed by atoms with Gasteiger partial charge in [0.15, 0.2) is 0 Å². The Morgan fingerprint density at radius 2 is 0.692 bits per heavy atom. The maximum absolute atomic E-state index is 7.51. The van der Waals surface area contributed by atoms with Crippen molar-refractivity contribution in [2.45, 2.75) is 58.3 Å². The average Bonchev–Trinajstić information content (AvgIpc) is 0.898. The standard InChI is InChI=1S/C117H78B9N3O/c1-116(2,3)78-47-40-66(41-48-78)75-58-84(68-26-12-7-13-27-68)100(85(59-75)69-28-14-8-15-29-69)101-90-65-81(128-114-102(104(118)106(120)108(122)110(114)124)103-105(119)107(121)109(123)111(125)115(103)128)51-53-92(90)126-93-52-44-74(72-46-55-99-89(57-72)83-37-23-25-39-98(83)130-99)63-96(93)129(97-64-77(62-91(101)112(97)126)73-45-54-95-88(56-73)82-36-22-24-38-94(82)127(95)80-34-20-11-21-35-80)113-86(70-30-16-9-17-31-70)60-76(61-87(113)71-32-18-10-19-33-71)67-42-49-79(50-43-67)117(4,5)6/h7-65,101H,1-6H3. The zero-order valence-corrected chi connectivity index (χ0v) is 73.1. The van der Waals surface area contributed by atoms with Crippen molar-refractivity contribution in [3.8, 4) is 100 Å². The molecule has 2 aliphatic rings. The molecule has 1 unspecified atom stereocenters. The van der Waals surface area contributed by atoms with Crippen LogP contribution in [0.4, 0.5) is 17.1 Å². The summed E-state index contributed by atoms with van der Waals surface area (Å²) in [5, 5.41) is 5.23. The molecule has 4 nitrogen and oxygen atoms in total. The van der Waals surface area contributed by atoms with Crippen molar-refractivity contribution in [2.75, 3.05) is 4.90 Å². The molecule has 13 heteroatoms. The molecule has 130 heavy (non-hydrogen) atoms. The van der Waals surface area contributed by atoms with Crippen molar-refractivity contribution in [3.05, 3.63) is 386 Å². The molecule has 594 valence electrons. The summed E-state index contributed by atoms with van der Waals surface area (Å²) in [6, 6.07) is 133. The first-order chi connectivity index (χ1) is 63.1. The van der Waals surface area contributed by atoms with Crippen molar-refractivity contribution in [1.29, 1.82) is 0 Å². The molecule has 0 bridgehead atoms. The maximum Gasteiger partial charge on any atom is 0.247 e. The van der Waals surface area contributed by atoms with Crippen LogP contribution in [0.3, 0.4) is 0 Å². The highest BCUT2D eigenvalue weighted by molar-refractivity contribution is 6.99. The third kappa shape index (κ3) is 12.8. The molecule has 0 saturated carbocycles. The molecule has 23 rings (SSSR count). The quantitative estimate of drug-likeness (QED) is 0.114. The predicted octanol–water partition coefficient (Wildman–Crippen LogP) is 19.9. The summed E-state index contributed by atoms with van der Waals surface area (Å²) in [6.45, 7) is 13.2. The lowest BCUT2D eigenvalue weighted by Crippen LogP contribution is -2.62. The molecule has 1 atom stereocenters. The summed E-state index contributed by atoms with van der Waals surface area (Å²) in [7, 11) is 57.8. The minimum atomic E-state index is -0.634. The summed E-state index contributed by atoms with van der Waals surface area (Å²) in [6.07, 6.45) is 0. The van der Waals surface area contributed by atoms with E-state index in [-0.39, 0.29) is 54.5 Å². The van der Waals surface area contributed by atoms with Gasteiger partial charge in [0.2, 0.25) is 6.71 Å². The average molecular weight is 1640 g/mol. The van der Waals surface area contributed by atoms with Crippen LogP contribution in [0.15, 0.2) is 362 Å². The van der Waals surface area contributed by atoms with Crippen LogP contribution in [0, 0.1) is 0 Å². The number of hydrogen-bond acceptors (Lipinski definition) is 2. The van der Waals surface area contributed by atoms with Crippen LogP contribution in [0.25, 0.3) is 166 Å². The van der Waals surface area contributed by atoms with Gasteiger partial charge in [-0.15, -0.1) is 21.9 Å². The first kappa shape index (κ1) is 80.3. The van der Waals surface area contributed by atoms with Gasteiger partial charge >= 0.3 is 0 Å². The molecule has 0 fully saturated rings. The Kier molecular flexibility index (Phi) is 19.0. The van der Waals surface area contributed by atoms with E-state index in [4.69, 9.17) is 67.2 Å². The molecule has 3 aromatic heterocycles. The Hall–Kier alpha value is -14.3. The van der Waals surface area contributed by atoms with Gasteiger partial charge in [-0.05, 0) is 235 Å². The summed E-state index contributed by atoms with van der Waals surface area (Å²) in [4.78, 5) is 2.67. The lowest BCUT2D eigenvalue weighted by molar-refractivity contribution is 0.590. The molecule has 0 aliphatic carbocycles. The number of para-hydroxylation sites is 3. The number of nitrogens with zero attached hydrogens (tertiary/aromatic N) is 3. The third-order valence-electron chi connectivity index (χ3n) is 27.6. The molecule has 0 N–H and O–H groups in total. The van der Waals surface area contributed by atoms with Crippen LogP contribution in [0.1, 0.15) is 75.3 Å². The van der Waals surface area contributed by atoms with Crippen molar-refractivity contribution < 1.29 is 4.42 Å². The summed E-state index contributed by atoms with van der Waals surface area (Å²) in [5.41, 5.74) is 36.3. The second-order valence-corrected chi connectivity index (χ2v) is 37.1. The molecule has 0 spiro atoms. The zero-order valence-electron chi connectivity index (χ0n) is 73.1. The second kappa shape index (κ2) is 30.7. The molecule has 18 aromatic carbocycles. The largest absolute Gasteiger partial charge is 0.456 e. The normalized spacial score (nSPS) is 13.1. The Balaban J connectivity index is 0.916. The van der Waals surface area contributed by atoms with Gasteiger partial charge in [0.05, 0.1) is 16.7 Å². The van der Waals surface area contributed by atoms with Gasteiger partial charge in [-0.25, -0.2) is 0 Å². The lowest BCUT2D eigenvalue weighted by atomic mass is 9.31. The molecule has 0 amide bonds. The molecular weight excluding hydrogens is 1560 g/mol. The van der Waals surface area contributed by atoms with E-state index in [1.807, 2.05) is 16.7 Å². The molecular formula is C117H78B9N3O. The van der Waals surface area contributed by atoms with Gasteiger partial charge in [0, 0.05) is 72.4 Å². The van der Waals surface area contributed by atoms with Crippen molar-refractivity contribution >= 4 is 212 Å². The second-order valence-electron chi connectivity index (χ2n) is 37.1. The first-order valence-corrected chi connectivity index (χ1v) is 44.5. The molecule has 0 saturated heterocycles. The topological polar surface area (TPSA) is 26.2 Å². The van der Waals surface area contributed by atoms with Gasteiger partial charge in [0.25, 0.3) is 0 Å². The highest BCUT2D eigenvalue weighted by atomic mass is 16.3. The highest BCUT2D eigenvalue weighted by Crippen LogP contribution is 2.55. The van der Waals surface area contributed by atoms with Gasteiger partial charge in [-0.1, -0.05) is 330 Å². The van der Waals surface area contributed by atoms with E-state index < -0.39 is 12.6 Å². The van der Waals surface area contributed by atoms with E-state index in [1.54, 1.807) is 0 Å². The Bertz CT molecular complexity index is 8060. The van der Waals surface area contributed by atoms with Crippen molar-refractivity contribution in [1.82, 2.24) is 9.13 Å². The van der Waals surface area contributed by atoms with Crippen molar-refractivity contribution in [3.63, 3.8) is 0 Å². The van der Waals surface area contributed by atoms with Crippen LogP contribution >= 0.6 is 0 Å². The van der Waals surface area contributed by atoms with Crippen LogP contribution < -0.4 is 65.0 Å². The van der Waals surface area contributed by atoms with E-state index in [0.717, 1.165) is 189 Å². The fourth-order valence-corrected chi connectivity index (χ4v) is 21.0. The maximum atomic E-state index is 7.51. The summed E-state index contributed by atoms with van der Waals surface area (Å²) >= 11 is 0. The number of furan rings is 1. The number of benzene rings is 18. The first-order valence-electron chi connectivity index (χ1n) is 44.5. The summed E-state index contributed by atoms with van der Waals surface area (Å²) < 4.78 is 11.1. The highest BCUT2D eigenvalue weighted by Gasteiger charge is 2.47. The van der Waals surface area contributed by atoms with Crippen LogP contribution in [0.5, 0.6) is 0 Å². The van der Waals surface area contributed by atoms with E-state index >= 15 is 0 Å². The fraction of sp³-hybridized carbons (Fsp3) is 0.0769. The predicted molar refractivity (Wildman–Crippen MR) is 560 cm³/mol. The van der Waals surface area contributed by atoms with Crippen LogP contribution in [-0.2, 0) is 10.8 Å². The van der Waals surface area contributed by atoms with E-state index in [0.29, 0.717) is 27.5 Å². The number of aromatic nitrogens is 2. The Morgan fingerprint density at radius 3 is 1.25 bits per heavy atom. The van der Waals surface area contributed by atoms with E-state index in [9.17, 15) is 0 Å². The smallest absolute Gasteiger partial charge is 0.247 e. The monoisotopic (exact) mass is 1640 g/mol. The molecule has 21 aromatic rings. The zero-order chi connectivity index (χ0) is 88.6. The fourth-order valence-electron chi connectivity index (χ4n) is 21.0. The van der Waals surface area contributed by atoms with E-state index in [2.05, 4.69) is 397 Å². The van der Waals surface area contributed by atoms with Gasteiger partial charge < -0.3 is 18.5 Å². The number of anilines is 3. The Morgan fingerprint density at radius 1 is 0.277 bits per heavy atom. The minimum absolute atomic E-state index is 0.0748. The van der Waals surface area contributed by atoms with E-state index in [1.165, 1.54) is 11.1 Å². The number of fused-ring (bicyclic) bond motifs is 13. The van der Waals surface area contributed by atoms with Crippen molar-refractivity contribution in [2.24, 2.45) is 0 Å².